The molecule has 2 rings (SSSR count). The number of hydrogen-bond acceptors (Lipinski definition) is 2. The first-order chi connectivity index (χ1) is 6.18. The smallest absolute Gasteiger partial charge is 0.198 e. The van der Waals surface area contributed by atoms with Crippen molar-refractivity contribution in [1.29, 1.82) is 0 Å². The van der Waals surface area contributed by atoms with Crippen LogP contribution >= 0.6 is 15.9 Å². The second-order valence-electron chi connectivity index (χ2n) is 3.29. The number of halogens is 1. The van der Waals surface area contributed by atoms with Gasteiger partial charge in [-0.25, -0.2) is 4.98 Å². The Morgan fingerprint density at radius 1 is 1.38 bits per heavy atom. The fraction of sp³-hybridized carbons (Fsp3) is 0.300. The molecule has 2 aromatic rings. The Hall–Kier alpha value is -0.830. The molecule has 0 aliphatic heterocycles. The van der Waals surface area contributed by atoms with Crippen LogP contribution in [0, 0.1) is 0 Å². The SMILES string of the molecule is CC(C)c1nc2c(Br)cccc2o1. The molecule has 0 bridgehead atoms. The first kappa shape index (κ1) is 8.75. The van der Waals surface area contributed by atoms with E-state index in [0.29, 0.717) is 5.92 Å². The molecule has 1 heterocycles. The molecule has 0 amide bonds. The van der Waals surface area contributed by atoms with Crippen LogP contribution in [0.4, 0.5) is 0 Å². The van der Waals surface area contributed by atoms with Gasteiger partial charge in [0, 0.05) is 10.4 Å². The Balaban J connectivity index is 2.68. The van der Waals surface area contributed by atoms with Crippen molar-refractivity contribution in [3.8, 4) is 0 Å². The lowest BCUT2D eigenvalue weighted by molar-refractivity contribution is 0.501. The van der Waals surface area contributed by atoms with Gasteiger partial charge in [0.15, 0.2) is 11.5 Å². The maximum atomic E-state index is 5.57. The molecule has 1 aromatic heterocycles. The van der Waals surface area contributed by atoms with E-state index >= 15 is 0 Å². The van der Waals surface area contributed by atoms with Gasteiger partial charge >= 0.3 is 0 Å². The highest BCUT2D eigenvalue weighted by atomic mass is 79.9. The summed E-state index contributed by atoms with van der Waals surface area (Å²) >= 11 is 3.44. The fourth-order valence-electron chi connectivity index (χ4n) is 1.18. The van der Waals surface area contributed by atoms with Crippen molar-refractivity contribution in [3.05, 3.63) is 28.6 Å². The summed E-state index contributed by atoms with van der Waals surface area (Å²) in [5.41, 5.74) is 1.75. The molecule has 0 saturated carbocycles. The molecule has 13 heavy (non-hydrogen) atoms. The maximum Gasteiger partial charge on any atom is 0.198 e. The molecule has 0 unspecified atom stereocenters. The lowest BCUT2D eigenvalue weighted by Crippen LogP contribution is -1.84. The Morgan fingerprint density at radius 3 is 2.77 bits per heavy atom. The molecular weight excluding hydrogens is 230 g/mol. The van der Waals surface area contributed by atoms with Crippen LogP contribution < -0.4 is 0 Å². The van der Waals surface area contributed by atoms with Gasteiger partial charge in [0.1, 0.15) is 5.52 Å². The Kier molecular flexibility index (Phi) is 2.12. The van der Waals surface area contributed by atoms with Gasteiger partial charge in [0.2, 0.25) is 0 Å². The number of benzene rings is 1. The molecule has 0 fully saturated rings. The van der Waals surface area contributed by atoms with Crippen molar-refractivity contribution in [2.24, 2.45) is 0 Å². The first-order valence-corrected chi connectivity index (χ1v) is 5.02. The molecular formula is C10H10BrNO. The van der Waals surface area contributed by atoms with Crippen molar-refractivity contribution in [2.45, 2.75) is 19.8 Å². The van der Waals surface area contributed by atoms with E-state index < -0.39 is 0 Å². The third kappa shape index (κ3) is 1.48. The van der Waals surface area contributed by atoms with Crippen LogP contribution in [0.15, 0.2) is 27.1 Å². The van der Waals surface area contributed by atoms with Crippen molar-refractivity contribution < 1.29 is 4.42 Å². The van der Waals surface area contributed by atoms with E-state index in [2.05, 4.69) is 34.8 Å². The zero-order valence-electron chi connectivity index (χ0n) is 7.54. The molecule has 2 nitrogen and oxygen atoms in total. The van der Waals surface area contributed by atoms with E-state index in [0.717, 1.165) is 21.5 Å². The summed E-state index contributed by atoms with van der Waals surface area (Å²) in [6.07, 6.45) is 0. The van der Waals surface area contributed by atoms with Gasteiger partial charge in [0.25, 0.3) is 0 Å². The van der Waals surface area contributed by atoms with Crippen LogP contribution in [0.2, 0.25) is 0 Å². The molecule has 0 atom stereocenters. The van der Waals surface area contributed by atoms with E-state index in [-0.39, 0.29) is 0 Å². The van der Waals surface area contributed by atoms with Crippen LogP contribution in [0.25, 0.3) is 11.1 Å². The second-order valence-corrected chi connectivity index (χ2v) is 4.15. The molecule has 0 spiro atoms. The zero-order chi connectivity index (χ0) is 9.42. The van der Waals surface area contributed by atoms with Gasteiger partial charge in [-0.15, -0.1) is 0 Å². The number of rotatable bonds is 1. The fourth-order valence-corrected chi connectivity index (χ4v) is 1.62. The minimum atomic E-state index is 0.333. The lowest BCUT2D eigenvalue weighted by Gasteiger charge is -1.93. The van der Waals surface area contributed by atoms with Crippen LogP contribution in [-0.2, 0) is 0 Å². The van der Waals surface area contributed by atoms with E-state index in [9.17, 15) is 0 Å². The summed E-state index contributed by atoms with van der Waals surface area (Å²) in [6, 6.07) is 5.84. The van der Waals surface area contributed by atoms with Crippen molar-refractivity contribution in [3.63, 3.8) is 0 Å². The van der Waals surface area contributed by atoms with Crippen molar-refractivity contribution in [2.75, 3.05) is 0 Å². The average molecular weight is 240 g/mol. The number of hydrogen-bond donors (Lipinski definition) is 0. The summed E-state index contributed by atoms with van der Waals surface area (Å²) in [4.78, 5) is 4.40. The van der Waals surface area contributed by atoms with Gasteiger partial charge in [0.05, 0.1) is 0 Å². The molecule has 1 aromatic carbocycles. The number of oxazole rings is 1. The van der Waals surface area contributed by atoms with E-state index in [4.69, 9.17) is 4.42 Å². The Morgan fingerprint density at radius 2 is 2.15 bits per heavy atom. The summed E-state index contributed by atoms with van der Waals surface area (Å²) < 4.78 is 6.56. The topological polar surface area (TPSA) is 26.0 Å². The molecule has 0 saturated heterocycles. The number of para-hydroxylation sites is 1. The second kappa shape index (κ2) is 3.14. The summed E-state index contributed by atoms with van der Waals surface area (Å²) in [5, 5.41) is 0. The number of nitrogens with zero attached hydrogens (tertiary/aromatic N) is 1. The zero-order valence-corrected chi connectivity index (χ0v) is 9.13. The monoisotopic (exact) mass is 239 g/mol. The predicted octanol–water partition coefficient (Wildman–Crippen LogP) is 3.71. The highest BCUT2D eigenvalue weighted by molar-refractivity contribution is 9.10. The van der Waals surface area contributed by atoms with Crippen LogP contribution in [0.1, 0.15) is 25.7 Å². The third-order valence-corrected chi connectivity index (χ3v) is 2.52. The van der Waals surface area contributed by atoms with Gasteiger partial charge < -0.3 is 4.42 Å². The van der Waals surface area contributed by atoms with Crippen LogP contribution in [0.3, 0.4) is 0 Å². The summed E-state index contributed by atoms with van der Waals surface area (Å²) in [6.45, 7) is 4.14. The quantitative estimate of drug-likeness (QED) is 0.759. The average Bonchev–Trinajstić information content (AvgIpc) is 2.49. The predicted molar refractivity (Wildman–Crippen MR) is 55.8 cm³/mol. The molecule has 0 aliphatic rings. The molecule has 3 heteroatoms. The van der Waals surface area contributed by atoms with Crippen molar-refractivity contribution >= 4 is 27.0 Å². The number of fused-ring (bicyclic) bond motifs is 1. The normalized spacial score (nSPS) is 11.4. The molecule has 0 radical (unpaired) electrons. The molecule has 0 aliphatic carbocycles. The van der Waals surface area contributed by atoms with Crippen molar-refractivity contribution in [1.82, 2.24) is 4.98 Å². The Labute approximate surface area is 85.1 Å². The molecule has 68 valence electrons. The molecule has 0 N–H and O–H groups in total. The van der Waals surface area contributed by atoms with Crippen LogP contribution in [0.5, 0.6) is 0 Å². The maximum absolute atomic E-state index is 5.57. The van der Waals surface area contributed by atoms with Gasteiger partial charge in [-0.2, -0.15) is 0 Å². The van der Waals surface area contributed by atoms with E-state index in [1.54, 1.807) is 0 Å². The highest BCUT2D eigenvalue weighted by Crippen LogP contribution is 2.26. The number of aromatic nitrogens is 1. The van der Waals surface area contributed by atoms with Gasteiger partial charge in [-0.3, -0.25) is 0 Å². The minimum Gasteiger partial charge on any atom is -0.440 e. The third-order valence-electron chi connectivity index (χ3n) is 1.88. The largest absolute Gasteiger partial charge is 0.440 e. The standard InChI is InChI=1S/C10H10BrNO/c1-6(2)10-12-9-7(11)4-3-5-8(9)13-10/h3-6H,1-2H3. The van der Waals surface area contributed by atoms with E-state index in [1.807, 2.05) is 18.2 Å². The van der Waals surface area contributed by atoms with Gasteiger partial charge in [-0.05, 0) is 28.1 Å². The van der Waals surface area contributed by atoms with Gasteiger partial charge in [-0.1, -0.05) is 19.9 Å². The lowest BCUT2D eigenvalue weighted by atomic mass is 10.2. The highest BCUT2D eigenvalue weighted by Gasteiger charge is 2.10. The summed E-state index contributed by atoms with van der Waals surface area (Å²) in [5.74, 6) is 1.13. The van der Waals surface area contributed by atoms with E-state index in [1.165, 1.54) is 0 Å². The summed E-state index contributed by atoms with van der Waals surface area (Å²) in [7, 11) is 0. The van der Waals surface area contributed by atoms with Crippen LogP contribution in [-0.4, -0.2) is 4.98 Å². The Bertz CT molecular complexity index is 433. The minimum absolute atomic E-state index is 0.333. The first-order valence-electron chi connectivity index (χ1n) is 4.23.